The zero-order chi connectivity index (χ0) is 13.1. The minimum atomic E-state index is 0.204. The Morgan fingerprint density at radius 1 is 1.22 bits per heavy atom. The Kier molecular flexibility index (Phi) is 4.45. The Hall–Kier alpha value is -0.820. The molecule has 1 nitrogen and oxygen atoms in total. The molecule has 0 N–H and O–H groups in total. The molecule has 0 unspecified atom stereocenters. The lowest BCUT2D eigenvalue weighted by atomic mass is 9.96. The molecule has 1 aromatic carbocycles. The van der Waals surface area contributed by atoms with Gasteiger partial charge in [-0.25, -0.2) is 0 Å². The first-order valence-corrected chi connectivity index (χ1v) is 7.25. The van der Waals surface area contributed by atoms with Gasteiger partial charge in [-0.05, 0) is 49.4 Å². The summed E-state index contributed by atoms with van der Waals surface area (Å²) in [6.45, 7) is 4.05. The Morgan fingerprint density at radius 3 is 2.50 bits per heavy atom. The van der Waals surface area contributed by atoms with Crippen LogP contribution in [0.1, 0.15) is 60.0 Å². The van der Waals surface area contributed by atoms with Crippen molar-refractivity contribution in [3.63, 3.8) is 0 Å². The number of hydrogen-bond donors (Lipinski definition) is 0. The Balaban J connectivity index is 2.01. The Bertz CT molecular complexity index is 445. The minimum absolute atomic E-state index is 0.204. The van der Waals surface area contributed by atoms with Gasteiger partial charge in [-0.3, -0.25) is 4.79 Å². The fourth-order valence-corrected chi connectivity index (χ4v) is 3.09. The minimum Gasteiger partial charge on any atom is -0.294 e. The van der Waals surface area contributed by atoms with Gasteiger partial charge in [0.05, 0.1) is 5.02 Å². The predicted molar refractivity (Wildman–Crippen MR) is 76.4 cm³/mol. The van der Waals surface area contributed by atoms with Gasteiger partial charge in [0.2, 0.25) is 0 Å². The van der Waals surface area contributed by atoms with Crippen LogP contribution in [0.2, 0.25) is 5.02 Å². The van der Waals surface area contributed by atoms with Crippen LogP contribution in [0.3, 0.4) is 0 Å². The van der Waals surface area contributed by atoms with E-state index < -0.39 is 0 Å². The maximum atomic E-state index is 12.2. The smallest absolute Gasteiger partial charge is 0.164 e. The number of ketones is 1. The van der Waals surface area contributed by atoms with Gasteiger partial charge in [0.1, 0.15) is 0 Å². The van der Waals surface area contributed by atoms with Crippen LogP contribution in [0.15, 0.2) is 12.1 Å². The Morgan fingerprint density at radius 2 is 1.83 bits per heavy atom. The molecule has 98 valence electrons. The number of carbonyl (C=O) groups excluding carboxylic acids is 1. The molecule has 1 saturated carbocycles. The van der Waals surface area contributed by atoms with Crippen molar-refractivity contribution >= 4 is 17.4 Å². The third-order valence-corrected chi connectivity index (χ3v) is 4.45. The van der Waals surface area contributed by atoms with E-state index in [2.05, 4.69) is 0 Å². The zero-order valence-corrected chi connectivity index (χ0v) is 12.0. The van der Waals surface area contributed by atoms with E-state index in [1.807, 2.05) is 26.0 Å². The monoisotopic (exact) mass is 264 g/mol. The topological polar surface area (TPSA) is 17.1 Å². The molecule has 1 aliphatic rings. The van der Waals surface area contributed by atoms with Crippen LogP contribution in [0.4, 0.5) is 0 Å². The SMILES string of the molecule is Cc1cc(Cl)c(C(=O)CCC2CCCC2)cc1C. The van der Waals surface area contributed by atoms with Crippen molar-refractivity contribution in [2.45, 2.75) is 52.4 Å². The highest BCUT2D eigenvalue weighted by Gasteiger charge is 2.18. The van der Waals surface area contributed by atoms with Gasteiger partial charge in [0, 0.05) is 12.0 Å². The normalized spacial score (nSPS) is 16.2. The second-order valence-electron chi connectivity index (χ2n) is 5.53. The molecular weight excluding hydrogens is 244 g/mol. The molecule has 1 aromatic rings. The van der Waals surface area contributed by atoms with E-state index in [9.17, 15) is 4.79 Å². The fourth-order valence-electron chi connectivity index (χ4n) is 2.76. The summed E-state index contributed by atoms with van der Waals surface area (Å²) in [5.41, 5.74) is 2.99. The summed E-state index contributed by atoms with van der Waals surface area (Å²) < 4.78 is 0. The number of rotatable bonds is 4. The van der Waals surface area contributed by atoms with Crippen molar-refractivity contribution < 1.29 is 4.79 Å². The summed E-state index contributed by atoms with van der Waals surface area (Å²) in [5.74, 6) is 0.967. The molecule has 0 bridgehead atoms. The molecule has 0 aromatic heterocycles. The van der Waals surface area contributed by atoms with Crippen LogP contribution in [0, 0.1) is 19.8 Å². The number of hydrogen-bond acceptors (Lipinski definition) is 1. The first-order valence-electron chi connectivity index (χ1n) is 6.88. The Labute approximate surface area is 115 Å². The van der Waals surface area contributed by atoms with Crippen LogP contribution >= 0.6 is 11.6 Å². The predicted octanol–water partition coefficient (Wildman–Crippen LogP) is 5.11. The third kappa shape index (κ3) is 3.14. The third-order valence-electron chi connectivity index (χ3n) is 4.14. The molecule has 0 radical (unpaired) electrons. The average Bonchev–Trinajstić information content (AvgIpc) is 2.84. The second kappa shape index (κ2) is 5.88. The zero-order valence-electron chi connectivity index (χ0n) is 11.3. The van der Waals surface area contributed by atoms with Gasteiger partial charge >= 0.3 is 0 Å². The lowest BCUT2D eigenvalue weighted by molar-refractivity contribution is 0.0974. The molecule has 18 heavy (non-hydrogen) atoms. The van der Waals surface area contributed by atoms with E-state index in [-0.39, 0.29) is 5.78 Å². The van der Waals surface area contributed by atoms with Crippen molar-refractivity contribution in [1.82, 2.24) is 0 Å². The number of aryl methyl sites for hydroxylation is 2. The van der Waals surface area contributed by atoms with Crippen molar-refractivity contribution in [3.05, 3.63) is 33.8 Å². The highest BCUT2D eigenvalue weighted by atomic mass is 35.5. The second-order valence-corrected chi connectivity index (χ2v) is 5.94. The van der Waals surface area contributed by atoms with E-state index >= 15 is 0 Å². The highest BCUT2D eigenvalue weighted by Crippen LogP contribution is 2.30. The summed E-state index contributed by atoms with van der Waals surface area (Å²) >= 11 is 6.17. The van der Waals surface area contributed by atoms with Crippen LogP contribution in [0.25, 0.3) is 0 Å². The van der Waals surface area contributed by atoms with Crippen LogP contribution < -0.4 is 0 Å². The number of carbonyl (C=O) groups is 1. The molecule has 0 aliphatic heterocycles. The summed E-state index contributed by atoms with van der Waals surface area (Å²) in [5, 5.41) is 0.606. The lowest BCUT2D eigenvalue weighted by Gasteiger charge is -2.10. The van der Waals surface area contributed by atoms with Crippen LogP contribution in [0.5, 0.6) is 0 Å². The summed E-state index contributed by atoms with van der Waals surface area (Å²) in [6.07, 6.45) is 6.95. The lowest BCUT2D eigenvalue weighted by Crippen LogP contribution is -2.04. The van der Waals surface area contributed by atoms with Gasteiger partial charge in [-0.1, -0.05) is 37.3 Å². The summed E-state index contributed by atoms with van der Waals surface area (Å²) in [6, 6.07) is 3.84. The standard InChI is InChI=1S/C16H21ClO/c1-11-9-14(15(17)10-12(11)2)16(18)8-7-13-5-3-4-6-13/h9-10,13H,3-8H2,1-2H3. The van der Waals surface area contributed by atoms with Crippen molar-refractivity contribution in [2.75, 3.05) is 0 Å². The van der Waals surface area contributed by atoms with Crippen molar-refractivity contribution in [1.29, 1.82) is 0 Å². The first-order chi connectivity index (χ1) is 8.58. The first kappa shape index (κ1) is 13.6. The van der Waals surface area contributed by atoms with Gasteiger partial charge in [-0.2, -0.15) is 0 Å². The van der Waals surface area contributed by atoms with E-state index in [4.69, 9.17) is 11.6 Å². The number of benzene rings is 1. The van der Waals surface area contributed by atoms with E-state index in [0.717, 1.165) is 23.5 Å². The molecule has 1 fully saturated rings. The van der Waals surface area contributed by atoms with Gasteiger partial charge in [0.15, 0.2) is 5.78 Å². The summed E-state index contributed by atoms with van der Waals surface area (Å²) in [7, 11) is 0. The van der Waals surface area contributed by atoms with Crippen LogP contribution in [-0.4, -0.2) is 5.78 Å². The van der Waals surface area contributed by atoms with E-state index in [1.165, 1.54) is 25.7 Å². The van der Waals surface area contributed by atoms with Crippen molar-refractivity contribution in [2.24, 2.45) is 5.92 Å². The van der Waals surface area contributed by atoms with Gasteiger partial charge in [-0.15, -0.1) is 0 Å². The van der Waals surface area contributed by atoms with Crippen molar-refractivity contribution in [3.8, 4) is 0 Å². The molecule has 2 heteroatoms. The number of Topliss-reactive ketones (excluding diaryl/α,β-unsaturated/α-hetero) is 1. The molecule has 0 atom stereocenters. The maximum absolute atomic E-state index is 12.2. The molecule has 0 saturated heterocycles. The van der Waals surface area contributed by atoms with E-state index in [0.29, 0.717) is 17.0 Å². The van der Waals surface area contributed by atoms with Crippen LogP contribution in [-0.2, 0) is 0 Å². The quantitative estimate of drug-likeness (QED) is 0.691. The maximum Gasteiger partial charge on any atom is 0.164 e. The molecular formula is C16H21ClO. The van der Waals surface area contributed by atoms with Gasteiger partial charge in [0.25, 0.3) is 0 Å². The molecule has 0 amide bonds. The van der Waals surface area contributed by atoms with E-state index in [1.54, 1.807) is 0 Å². The summed E-state index contributed by atoms with van der Waals surface area (Å²) in [4.78, 5) is 12.2. The molecule has 0 heterocycles. The highest BCUT2D eigenvalue weighted by molar-refractivity contribution is 6.34. The van der Waals surface area contributed by atoms with Gasteiger partial charge < -0.3 is 0 Å². The molecule has 2 rings (SSSR count). The number of halogens is 1. The average molecular weight is 265 g/mol. The largest absolute Gasteiger partial charge is 0.294 e. The fraction of sp³-hybridized carbons (Fsp3) is 0.562. The molecule has 1 aliphatic carbocycles. The molecule has 0 spiro atoms.